The standard InChI is InChI=1S/C19H15NO4/c1-20-13-8-16-15(23-10-24-16)7-12(13)17(11-5-3-2-4-6-11)18-14(20)9-22-19(18)21/h2-8,17H,9-10H2,1H3. The number of hydrogen-bond donors (Lipinski definition) is 0. The van der Waals surface area contributed by atoms with Crippen molar-refractivity contribution in [2.45, 2.75) is 5.92 Å². The van der Waals surface area contributed by atoms with Gasteiger partial charge in [0.2, 0.25) is 6.79 Å². The van der Waals surface area contributed by atoms with Gasteiger partial charge in [-0.2, -0.15) is 0 Å². The Morgan fingerprint density at radius 2 is 1.79 bits per heavy atom. The van der Waals surface area contributed by atoms with Crippen LogP contribution >= 0.6 is 0 Å². The van der Waals surface area contributed by atoms with Gasteiger partial charge in [0.1, 0.15) is 6.61 Å². The van der Waals surface area contributed by atoms with Gasteiger partial charge >= 0.3 is 5.97 Å². The van der Waals surface area contributed by atoms with Crippen LogP contribution in [-0.2, 0) is 9.53 Å². The molecule has 1 unspecified atom stereocenters. The molecule has 5 nitrogen and oxygen atoms in total. The minimum atomic E-state index is -0.242. The van der Waals surface area contributed by atoms with Crippen LogP contribution in [0.25, 0.3) is 0 Å². The molecule has 5 rings (SSSR count). The molecule has 0 spiro atoms. The number of esters is 1. The monoisotopic (exact) mass is 321 g/mol. The molecule has 0 aromatic heterocycles. The fraction of sp³-hybridized carbons (Fsp3) is 0.211. The summed E-state index contributed by atoms with van der Waals surface area (Å²) in [5, 5.41) is 0. The van der Waals surface area contributed by atoms with E-state index in [1.807, 2.05) is 54.4 Å². The van der Waals surface area contributed by atoms with Crippen LogP contribution in [0.2, 0.25) is 0 Å². The topological polar surface area (TPSA) is 48.0 Å². The first kappa shape index (κ1) is 13.5. The van der Waals surface area contributed by atoms with Crippen molar-refractivity contribution < 1.29 is 19.0 Å². The number of cyclic esters (lactones) is 1. The molecule has 0 bridgehead atoms. The molecule has 2 aromatic carbocycles. The number of benzene rings is 2. The van der Waals surface area contributed by atoms with Gasteiger partial charge in [-0.25, -0.2) is 4.79 Å². The number of ether oxygens (including phenoxy) is 3. The lowest BCUT2D eigenvalue weighted by atomic mass is 9.80. The van der Waals surface area contributed by atoms with Crippen molar-refractivity contribution in [3.8, 4) is 11.5 Å². The second-order valence-electron chi connectivity index (χ2n) is 6.10. The number of carbonyl (C=O) groups is 1. The number of fused-ring (bicyclic) bond motifs is 2. The van der Waals surface area contributed by atoms with Gasteiger partial charge in [-0.3, -0.25) is 0 Å². The molecule has 24 heavy (non-hydrogen) atoms. The number of hydrogen-bond acceptors (Lipinski definition) is 5. The Morgan fingerprint density at radius 3 is 2.58 bits per heavy atom. The van der Waals surface area contributed by atoms with E-state index in [1.54, 1.807) is 0 Å². The molecular formula is C19H15NO4. The lowest BCUT2D eigenvalue weighted by Crippen LogP contribution is -2.27. The summed E-state index contributed by atoms with van der Waals surface area (Å²) in [6.45, 7) is 0.537. The van der Waals surface area contributed by atoms with Crippen molar-refractivity contribution in [2.24, 2.45) is 0 Å². The normalized spacial score (nSPS) is 20.8. The predicted molar refractivity (Wildman–Crippen MR) is 87.2 cm³/mol. The van der Waals surface area contributed by atoms with Crippen molar-refractivity contribution in [2.75, 3.05) is 25.3 Å². The van der Waals surface area contributed by atoms with E-state index < -0.39 is 0 Å². The van der Waals surface area contributed by atoms with E-state index in [0.717, 1.165) is 39.6 Å². The third-order valence-electron chi connectivity index (χ3n) is 4.89. The van der Waals surface area contributed by atoms with Crippen LogP contribution in [0.3, 0.4) is 0 Å². The van der Waals surface area contributed by atoms with Crippen LogP contribution in [0.5, 0.6) is 11.5 Å². The van der Waals surface area contributed by atoms with E-state index in [9.17, 15) is 4.79 Å². The van der Waals surface area contributed by atoms with Gasteiger partial charge in [0.15, 0.2) is 11.5 Å². The number of anilines is 1. The Labute approximate surface area is 139 Å². The lowest BCUT2D eigenvalue weighted by Gasteiger charge is -2.33. The molecule has 2 aromatic rings. The van der Waals surface area contributed by atoms with Crippen LogP contribution in [0.15, 0.2) is 53.7 Å². The van der Waals surface area contributed by atoms with Crippen LogP contribution in [0.1, 0.15) is 17.0 Å². The SMILES string of the molecule is CN1C2=C(C(=O)OC2)C(c2ccccc2)c2cc3c(cc21)OCO3. The summed E-state index contributed by atoms with van der Waals surface area (Å²) >= 11 is 0. The molecule has 5 heteroatoms. The second-order valence-corrected chi connectivity index (χ2v) is 6.10. The average molecular weight is 321 g/mol. The molecule has 0 saturated heterocycles. The highest BCUT2D eigenvalue weighted by Crippen LogP contribution is 2.50. The highest BCUT2D eigenvalue weighted by atomic mass is 16.7. The van der Waals surface area contributed by atoms with Crippen LogP contribution in [-0.4, -0.2) is 26.4 Å². The summed E-state index contributed by atoms with van der Waals surface area (Å²) in [7, 11) is 1.96. The molecule has 120 valence electrons. The zero-order chi connectivity index (χ0) is 16.3. The molecule has 0 aliphatic carbocycles. The first-order chi connectivity index (χ1) is 11.7. The Kier molecular flexibility index (Phi) is 2.68. The highest BCUT2D eigenvalue weighted by Gasteiger charge is 2.41. The van der Waals surface area contributed by atoms with Crippen molar-refractivity contribution >= 4 is 11.7 Å². The molecule has 0 fully saturated rings. The van der Waals surface area contributed by atoms with E-state index in [1.165, 1.54) is 0 Å². The van der Waals surface area contributed by atoms with Crippen LogP contribution in [0, 0.1) is 0 Å². The number of likely N-dealkylation sites (N-methyl/N-ethyl adjacent to an activating group) is 1. The van der Waals surface area contributed by atoms with Crippen LogP contribution in [0.4, 0.5) is 5.69 Å². The van der Waals surface area contributed by atoms with Gasteiger partial charge in [-0.15, -0.1) is 0 Å². The zero-order valence-corrected chi connectivity index (χ0v) is 13.1. The lowest BCUT2D eigenvalue weighted by molar-refractivity contribution is -0.136. The molecular weight excluding hydrogens is 306 g/mol. The van der Waals surface area contributed by atoms with E-state index in [-0.39, 0.29) is 18.7 Å². The summed E-state index contributed by atoms with van der Waals surface area (Å²) < 4.78 is 16.4. The van der Waals surface area contributed by atoms with E-state index in [0.29, 0.717) is 6.61 Å². The molecule has 3 aliphatic heterocycles. The van der Waals surface area contributed by atoms with Gasteiger partial charge < -0.3 is 19.1 Å². The summed E-state index contributed by atoms with van der Waals surface area (Å²) in [5.41, 5.74) is 4.75. The minimum Gasteiger partial charge on any atom is -0.456 e. The second kappa shape index (κ2) is 4.77. The van der Waals surface area contributed by atoms with Crippen LogP contribution < -0.4 is 14.4 Å². The first-order valence-corrected chi connectivity index (χ1v) is 7.86. The third-order valence-corrected chi connectivity index (χ3v) is 4.89. The highest BCUT2D eigenvalue weighted by molar-refractivity contribution is 5.97. The van der Waals surface area contributed by atoms with E-state index >= 15 is 0 Å². The fourth-order valence-electron chi connectivity index (χ4n) is 3.73. The minimum absolute atomic E-state index is 0.156. The maximum atomic E-state index is 12.4. The van der Waals surface area contributed by atoms with Gasteiger partial charge in [0.25, 0.3) is 0 Å². The number of carbonyl (C=O) groups excluding carboxylic acids is 1. The van der Waals surface area contributed by atoms with Crippen molar-refractivity contribution in [3.05, 3.63) is 64.9 Å². The number of rotatable bonds is 1. The van der Waals surface area contributed by atoms with Gasteiger partial charge in [0, 0.05) is 24.7 Å². The zero-order valence-electron chi connectivity index (χ0n) is 13.1. The third kappa shape index (κ3) is 1.72. The first-order valence-electron chi connectivity index (χ1n) is 7.86. The summed E-state index contributed by atoms with van der Waals surface area (Å²) in [6.07, 6.45) is 0. The smallest absolute Gasteiger partial charge is 0.337 e. The largest absolute Gasteiger partial charge is 0.456 e. The Balaban J connectivity index is 1.78. The molecule has 0 amide bonds. The quantitative estimate of drug-likeness (QED) is 0.756. The Morgan fingerprint density at radius 1 is 1.04 bits per heavy atom. The summed E-state index contributed by atoms with van der Waals surface area (Å²) in [5.74, 6) is 1.06. The average Bonchev–Trinajstić information content (AvgIpc) is 3.22. The van der Waals surface area contributed by atoms with Gasteiger partial charge in [-0.1, -0.05) is 30.3 Å². The maximum Gasteiger partial charge on any atom is 0.337 e. The molecule has 0 saturated carbocycles. The van der Waals surface area contributed by atoms with Crippen molar-refractivity contribution in [1.82, 2.24) is 0 Å². The molecule has 0 radical (unpaired) electrons. The number of nitrogens with zero attached hydrogens (tertiary/aromatic N) is 1. The Hall–Kier alpha value is -2.95. The van der Waals surface area contributed by atoms with Gasteiger partial charge in [0.05, 0.1) is 11.3 Å². The van der Waals surface area contributed by atoms with E-state index in [2.05, 4.69) is 0 Å². The van der Waals surface area contributed by atoms with Gasteiger partial charge in [-0.05, 0) is 17.2 Å². The Bertz CT molecular complexity index is 888. The molecule has 3 aliphatic rings. The summed E-state index contributed by atoms with van der Waals surface area (Å²) in [6, 6.07) is 14.0. The predicted octanol–water partition coefficient (Wildman–Crippen LogP) is 2.81. The maximum absolute atomic E-state index is 12.4. The summed E-state index contributed by atoms with van der Waals surface area (Å²) in [4.78, 5) is 14.4. The molecule has 0 N–H and O–H groups in total. The van der Waals surface area contributed by atoms with Crippen molar-refractivity contribution in [3.63, 3.8) is 0 Å². The molecule has 1 atom stereocenters. The molecule has 3 heterocycles. The van der Waals surface area contributed by atoms with E-state index in [4.69, 9.17) is 14.2 Å². The fourth-order valence-corrected chi connectivity index (χ4v) is 3.73. The van der Waals surface area contributed by atoms with Crippen molar-refractivity contribution in [1.29, 1.82) is 0 Å².